The molecule has 0 radical (unpaired) electrons. The largest absolute Gasteiger partial charge is 0.495 e. The smallest absolute Gasteiger partial charge is 0.142 e. The quantitative estimate of drug-likeness (QED) is 0.910. The molecule has 2 rings (SSSR count). The second-order valence-electron chi connectivity index (χ2n) is 5.15. The van der Waals surface area contributed by atoms with Crippen LogP contribution < -0.4 is 9.47 Å². The van der Waals surface area contributed by atoms with E-state index in [1.807, 2.05) is 12.1 Å². The number of rotatable bonds is 4. The van der Waals surface area contributed by atoms with E-state index in [4.69, 9.17) is 14.2 Å². The zero-order valence-electron chi connectivity index (χ0n) is 12.1. The van der Waals surface area contributed by atoms with Gasteiger partial charge in [0.2, 0.25) is 0 Å². The number of ether oxygens (including phenoxy) is 3. The summed E-state index contributed by atoms with van der Waals surface area (Å²) in [6, 6.07) is 3.72. The van der Waals surface area contributed by atoms with Crippen LogP contribution in [-0.4, -0.2) is 32.5 Å². The maximum absolute atomic E-state index is 11.0. The van der Waals surface area contributed by atoms with Crippen LogP contribution in [0.4, 0.5) is 0 Å². The summed E-state index contributed by atoms with van der Waals surface area (Å²) >= 11 is 3.48. The average Bonchev–Trinajstić information content (AvgIpc) is 2.46. The van der Waals surface area contributed by atoms with Gasteiger partial charge in [-0.25, -0.2) is 0 Å². The molecular weight excluding hydrogens is 324 g/mol. The lowest BCUT2D eigenvalue weighted by Gasteiger charge is -2.37. The second kappa shape index (κ2) is 6.33. The number of aliphatic hydroxyl groups is 1. The van der Waals surface area contributed by atoms with E-state index in [0.717, 1.165) is 22.9 Å². The van der Waals surface area contributed by atoms with Crippen LogP contribution in [-0.2, 0) is 10.3 Å². The molecule has 1 N–H and O–H groups in total. The van der Waals surface area contributed by atoms with Crippen molar-refractivity contribution in [2.45, 2.75) is 37.4 Å². The van der Waals surface area contributed by atoms with Crippen LogP contribution in [0, 0.1) is 0 Å². The molecule has 1 aromatic rings. The number of hydrogen-bond acceptors (Lipinski definition) is 4. The van der Waals surface area contributed by atoms with Crippen LogP contribution in [0.1, 0.15) is 31.2 Å². The van der Waals surface area contributed by atoms with Crippen molar-refractivity contribution in [1.29, 1.82) is 0 Å². The standard InChI is InChI=1S/C15H21BrO4/c1-18-10-5-4-8-15(17,9-10)11-6-7-12(19-2)13(16)14(11)20-3/h6-7,10,17H,4-5,8-9H2,1-3H3. The fourth-order valence-corrected chi connectivity index (χ4v) is 3.58. The van der Waals surface area contributed by atoms with Gasteiger partial charge in [-0.1, -0.05) is 0 Å². The summed E-state index contributed by atoms with van der Waals surface area (Å²) in [5, 5.41) is 11.0. The molecule has 1 aliphatic rings. The van der Waals surface area contributed by atoms with E-state index in [9.17, 15) is 5.11 Å². The predicted octanol–water partition coefficient (Wildman–Crippen LogP) is 3.24. The van der Waals surface area contributed by atoms with Crippen LogP contribution in [0.25, 0.3) is 0 Å². The summed E-state index contributed by atoms with van der Waals surface area (Å²) in [5.74, 6) is 1.32. The first-order chi connectivity index (χ1) is 9.55. The Balaban J connectivity index is 2.43. The van der Waals surface area contributed by atoms with Gasteiger partial charge in [-0.15, -0.1) is 0 Å². The number of benzene rings is 1. The molecule has 1 aromatic carbocycles. The molecule has 0 heterocycles. The van der Waals surface area contributed by atoms with Crippen molar-refractivity contribution < 1.29 is 19.3 Å². The molecule has 0 aromatic heterocycles. The van der Waals surface area contributed by atoms with E-state index < -0.39 is 5.60 Å². The van der Waals surface area contributed by atoms with Crippen molar-refractivity contribution in [1.82, 2.24) is 0 Å². The average molecular weight is 345 g/mol. The van der Waals surface area contributed by atoms with Crippen LogP contribution >= 0.6 is 15.9 Å². The van der Waals surface area contributed by atoms with E-state index in [1.165, 1.54) is 0 Å². The van der Waals surface area contributed by atoms with Gasteiger partial charge in [-0.2, -0.15) is 0 Å². The number of hydrogen-bond donors (Lipinski definition) is 1. The molecule has 0 aliphatic heterocycles. The third kappa shape index (κ3) is 2.80. The molecule has 1 aliphatic carbocycles. The summed E-state index contributed by atoms with van der Waals surface area (Å²) in [5.41, 5.74) is -0.131. The lowest BCUT2D eigenvalue weighted by Crippen LogP contribution is -2.36. The molecule has 0 spiro atoms. The van der Waals surface area contributed by atoms with E-state index in [-0.39, 0.29) is 6.10 Å². The third-order valence-corrected chi connectivity index (χ3v) is 4.75. The molecule has 5 heteroatoms. The number of methoxy groups -OCH3 is 3. The van der Waals surface area contributed by atoms with Crippen molar-refractivity contribution in [2.24, 2.45) is 0 Å². The van der Waals surface area contributed by atoms with Crippen molar-refractivity contribution in [2.75, 3.05) is 21.3 Å². The van der Waals surface area contributed by atoms with Gasteiger partial charge < -0.3 is 19.3 Å². The lowest BCUT2D eigenvalue weighted by molar-refractivity contribution is -0.0642. The molecule has 2 atom stereocenters. The Hall–Kier alpha value is -0.780. The van der Waals surface area contributed by atoms with Crippen LogP contribution in [0.5, 0.6) is 11.5 Å². The molecule has 1 saturated carbocycles. The Bertz CT molecular complexity index is 477. The predicted molar refractivity (Wildman–Crippen MR) is 80.4 cm³/mol. The van der Waals surface area contributed by atoms with Crippen molar-refractivity contribution in [3.63, 3.8) is 0 Å². The Morgan fingerprint density at radius 3 is 2.60 bits per heavy atom. The maximum atomic E-state index is 11.0. The third-order valence-electron chi connectivity index (χ3n) is 4.00. The van der Waals surface area contributed by atoms with Crippen LogP contribution in [0.2, 0.25) is 0 Å². The molecule has 0 bridgehead atoms. The molecule has 2 unspecified atom stereocenters. The van der Waals surface area contributed by atoms with Crippen LogP contribution in [0.3, 0.4) is 0 Å². The minimum atomic E-state index is -0.918. The minimum Gasteiger partial charge on any atom is -0.495 e. The maximum Gasteiger partial charge on any atom is 0.142 e. The Labute approximate surface area is 128 Å². The monoisotopic (exact) mass is 344 g/mol. The van der Waals surface area contributed by atoms with Gasteiger partial charge >= 0.3 is 0 Å². The molecule has 0 saturated heterocycles. The highest BCUT2D eigenvalue weighted by Gasteiger charge is 2.39. The first-order valence-electron chi connectivity index (χ1n) is 6.72. The van der Waals surface area contributed by atoms with Gasteiger partial charge in [0.05, 0.1) is 25.9 Å². The normalized spacial score (nSPS) is 26.4. The summed E-state index contributed by atoms with van der Waals surface area (Å²) in [6.45, 7) is 0. The molecule has 20 heavy (non-hydrogen) atoms. The highest BCUT2D eigenvalue weighted by atomic mass is 79.9. The van der Waals surface area contributed by atoms with Gasteiger partial charge in [0.15, 0.2) is 0 Å². The first kappa shape index (κ1) is 15.6. The van der Waals surface area contributed by atoms with E-state index in [2.05, 4.69) is 15.9 Å². The fourth-order valence-electron chi connectivity index (χ4n) is 2.91. The zero-order chi connectivity index (χ0) is 14.8. The second-order valence-corrected chi connectivity index (χ2v) is 5.94. The lowest BCUT2D eigenvalue weighted by atomic mass is 9.78. The van der Waals surface area contributed by atoms with Gasteiger partial charge in [-0.05, 0) is 47.3 Å². The molecule has 4 nitrogen and oxygen atoms in total. The summed E-state index contributed by atoms with van der Waals surface area (Å²) in [6.07, 6.45) is 3.29. The SMILES string of the molecule is COc1ccc(C2(O)CCCC(OC)C2)c(OC)c1Br. The summed E-state index contributed by atoms with van der Waals surface area (Å²) in [7, 11) is 4.90. The molecule has 1 fully saturated rings. The van der Waals surface area contributed by atoms with Crippen molar-refractivity contribution in [3.05, 3.63) is 22.2 Å². The molecule has 0 amide bonds. The Kier molecular flexibility index (Phi) is 4.94. The summed E-state index contributed by atoms with van der Waals surface area (Å²) < 4.78 is 16.9. The Morgan fingerprint density at radius 2 is 2.00 bits per heavy atom. The Morgan fingerprint density at radius 1 is 1.25 bits per heavy atom. The van der Waals surface area contributed by atoms with E-state index in [1.54, 1.807) is 21.3 Å². The van der Waals surface area contributed by atoms with Gasteiger partial charge in [0.1, 0.15) is 16.0 Å². The van der Waals surface area contributed by atoms with Gasteiger partial charge in [0.25, 0.3) is 0 Å². The van der Waals surface area contributed by atoms with Gasteiger partial charge in [0, 0.05) is 19.1 Å². The molecule has 112 valence electrons. The van der Waals surface area contributed by atoms with Crippen molar-refractivity contribution in [3.8, 4) is 11.5 Å². The van der Waals surface area contributed by atoms with E-state index >= 15 is 0 Å². The highest BCUT2D eigenvalue weighted by Crippen LogP contribution is 2.46. The fraction of sp³-hybridized carbons (Fsp3) is 0.600. The first-order valence-corrected chi connectivity index (χ1v) is 7.51. The zero-order valence-corrected chi connectivity index (χ0v) is 13.7. The van der Waals surface area contributed by atoms with Gasteiger partial charge in [-0.3, -0.25) is 0 Å². The highest BCUT2D eigenvalue weighted by molar-refractivity contribution is 9.10. The molecular formula is C15H21BrO4. The number of halogens is 1. The minimum absolute atomic E-state index is 0.0827. The van der Waals surface area contributed by atoms with Crippen LogP contribution in [0.15, 0.2) is 16.6 Å². The topological polar surface area (TPSA) is 47.9 Å². The summed E-state index contributed by atoms with van der Waals surface area (Å²) in [4.78, 5) is 0. The van der Waals surface area contributed by atoms with E-state index in [0.29, 0.717) is 24.3 Å². The van der Waals surface area contributed by atoms with Crippen molar-refractivity contribution >= 4 is 15.9 Å².